The molecule has 5 heteroatoms. The molecule has 0 spiro atoms. The van der Waals surface area contributed by atoms with Gasteiger partial charge in [-0.05, 0) is 36.2 Å². The van der Waals surface area contributed by atoms with Crippen LogP contribution in [0.25, 0.3) is 0 Å². The zero-order chi connectivity index (χ0) is 21.3. The summed E-state index contributed by atoms with van der Waals surface area (Å²) < 4.78 is 0.849. The van der Waals surface area contributed by atoms with E-state index in [1.54, 1.807) is 17.0 Å². The third kappa shape index (κ3) is 6.29. The zero-order valence-corrected chi connectivity index (χ0v) is 18.5. The van der Waals surface area contributed by atoms with E-state index < -0.39 is 0 Å². The number of hydrogen-bond acceptors (Lipinski definition) is 2. The van der Waals surface area contributed by atoms with Gasteiger partial charge in [0.05, 0.1) is 6.04 Å². The molecule has 3 aromatic carbocycles. The van der Waals surface area contributed by atoms with E-state index in [9.17, 15) is 9.59 Å². The summed E-state index contributed by atoms with van der Waals surface area (Å²) >= 11 is 3.42. The van der Waals surface area contributed by atoms with Crippen LogP contribution in [0.5, 0.6) is 0 Å². The molecule has 0 fully saturated rings. The molecule has 30 heavy (non-hydrogen) atoms. The first-order valence-electron chi connectivity index (χ1n) is 9.96. The van der Waals surface area contributed by atoms with Crippen molar-refractivity contribution in [2.45, 2.75) is 25.9 Å². The van der Waals surface area contributed by atoms with Gasteiger partial charge in [-0.1, -0.05) is 82.7 Å². The second-order valence-corrected chi connectivity index (χ2v) is 8.09. The normalized spacial score (nSPS) is 11.5. The largest absolute Gasteiger partial charge is 0.350 e. The molecule has 2 amide bonds. The molecule has 0 bridgehead atoms. The van der Waals surface area contributed by atoms with Crippen molar-refractivity contribution in [3.63, 3.8) is 0 Å². The molecule has 1 atom stereocenters. The first-order valence-corrected chi connectivity index (χ1v) is 10.8. The molecular weight excluding hydrogens is 440 g/mol. The van der Waals surface area contributed by atoms with Gasteiger partial charge in [0.2, 0.25) is 5.91 Å². The number of hydrogen-bond donors (Lipinski definition) is 1. The van der Waals surface area contributed by atoms with Crippen molar-refractivity contribution >= 4 is 27.7 Å². The maximum atomic E-state index is 13.1. The Kier molecular flexibility index (Phi) is 7.80. The number of nitrogens with zero attached hydrogens (tertiary/aromatic N) is 1. The maximum Gasteiger partial charge on any atom is 0.254 e. The van der Waals surface area contributed by atoms with Crippen LogP contribution in [-0.4, -0.2) is 23.3 Å². The molecule has 3 aromatic rings. The summed E-state index contributed by atoms with van der Waals surface area (Å²) in [5.74, 6) is -0.171. The van der Waals surface area contributed by atoms with Gasteiger partial charge >= 0.3 is 0 Å². The average molecular weight is 465 g/mol. The number of amides is 2. The van der Waals surface area contributed by atoms with Crippen LogP contribution >= 0.6 is 15.9 Å². The molecule has 0 saturated heterocycles. The third-order valence-electron chi connectivity index (χ3n) is 4.86. The van der Waals surface area contributed by atoms with E-state index in [1.807, 2.05) is 79.7 Å². The Bertz CT molecular complexity index is 977. The molecule has 0 aromatic heterocycles. The van der Waals surface area contributed by atoms with Crippen LogP contribution in [0.1, 0.15) is 40.9 Å². The fraction of sp³-hybridized carbons (Fsp3) is 0.200. The molecule has 1 unspecified atom stereocenters. The second-order valence-electron chi connectivity index (χ2n) is 7.17. The summed E-state index contributed by atoms with van der Waals surface area (Å²) in [5, 5.41) is 3.02. The van der Waals surface area contributed by atoms with E-state index in [2.05, 4.69) is 21.2 Å². The molecule has 4 nitrogen and oxygen atoms in total. The Hall–Kier alpha value is -2.92. The highest BCUT2D eigenvalue weighted by Gasteiger charge is 2.18. The number of benzene rings is 3. The predicted molar refractivity (Wildman–Crippen MR) is 123 cm³/mol. The van der Waals surface area contributed by atoms with Gasteiger partial charge in [-0.25, -0.2) is 0 Å². The summed E-state index contributed by atoms with van der Waals surface area (Å²) in [7, 11) is 0. The number of nitrogens with one attached hydrogen (secondary N) is 1. The van der Waals surface area contributed by atoms with E-state index in [-0.39, 0.29) is 24.3 Å². The van der Waals surface area contributed by atoms with Crippen molar-refractivity contribution in [2.24, 2.45) is 0 Å². The van der Waals surface area contributed by atoms with E-state index in [1.165, 1.54) is 0 Å². The van der Waals surface area contributed by atoms with Gasteiger partial charge in [0.15, 0.2) is 0 Å². The Labute approximate surface area is 186 Å². The van der Waals surface area contributed by atoms with Crippen LogP contribution in [0.2, 0.25) is 0 Å². The number of halogens is 1. The lowest BCUT2D eigenvalue weighted by Gasteiger charge is -2.23. The Balaban J connectivity index is 1.67. The van der Waals surface area contributed by atoms with Crippen molar-refractivity contribution in [1.82, 2.24) is 10.2 Å². The van der Waals surface area contributed by atoms with Gasteiger partial charge in [-0.3, -0.25) is 9.59 Å². The lowest BCUT2D eigenvalue weighted by atomic mass is 10.1. The molecule has 0 aliphatic heterocycles. The fourth-order valence-electron chi connectivity index (χ4n) is 3.24. The minimum absolute atomic E-state index is 0.0774. The monoisotopic (exact) mass is 464 g/mol. The van der Waals surface area contributed by atoms with Gasteiger partial charge in [0.25, 0.3) is 5.91 Å². The highest BCUT2D eigenvalue weighted by molar-refractivity contribution is 9.10. The van der Waals surface area contributed by atoms with Gasteiger partial charge in [-0.15, -0.1) is 0 Å². The first kappa shape index (κ1) is 21.8. The van der Waals surface area contributed by atoms with Gasteiger partial charge in [0, 0.05) is 29.5 Å². The SMILES string of the molecule is CC(NC(=O)CCN(Cc1ccccc1)C(=O)c1cccc(Br)c1)c1ccccc1. The molecule has 0 saturated carbocycles. The highest BCUT2D eigenvalue weighted by atomic mass is 79.9. The van der Waals surface area contributed by atoms with Crippen LogP contribution in [0.3, 0.4) is 0 Å². The summed E-state index contributed by atoms with van der Waals surface area (Å²) in [6, 6.07) is 26.9. The highest BCUT2D eigenvalue weighted by Crippen LogP contribution is 2.16. The predicted octanol–water partition coefficient (Wildman–Crippen LogP) is 5.36. The van der Waals surface area contributed by atoms with Crippen molar-refractivity contribution in [3.05, 3.63) is 106 Å². The standard InChI is InChI=1S/C25H25BrN2O2/c1-19(21-11-6-3-7-12-21)27-24(29)15-16-28(18-20-9-4-2-5-10-20)25(30)22-13-8-14-23(26)17-22/h2-14,17,19H,15-16,18H2,1H3,(H,27,29). The van der Waals surface area contributed by atoms with Crippen molar-refractivity contribution < 1.29 is 9.59 Å². The number of rotatable bonds is 8. The van der Waals surface area contributed by atoms with Crippen molar-refractivity contribution in [2.75, 3.05) is 6.54 Å². The van der Waals surface area contributed by atoms with E-state index >= 15 is 0 Å². The Morgan fingerprint density at radius 3 is 2.27 bits per heavy atom. The minimum Gasteiger partial charge on any atom is -0.350 e. The molecule has 154 valence electrons. The average Bonchev–Trinajstić information content (AvgIpc) is 2.77. The lowest BCUT2D eigenvalue weighted by Crippen LogP contribution is -2.35. The molecule has 1 N–H and O–H groups in total. The quantitative estimate of drug-likeness (QED) is 0.487. The fourth-order valence-corrected chi connectivity index (χ4v) is 3.63. The minimum atomic E-state index is -0.0935. The van der Waals surface area contributed by atoms with Gasteiger partial charge < -0.3 is 10.2 Å². The van der Waals surface area contributed by atoms with Crippen LogP contribution in [-0.2, 0) is 11.3 Å². The lowest BCUT2D eigenvalue weighted by molar-refractivity contribution is -0.121. The first-order chi connectivity index (χ1) is 14.5. The van der Waals surface area contributed by atoms with E-state index in [0.717, 1.165) is 15.6 Å². The number of carbonyl (C=O) groups is 2. The molecule has 0 heterocycles. The van der Waals surface area contributed by atoms with Crippen molar-refractivity contribution in [1.29, 1.82) is 0 Å². The second kappa shape index (κ2) is 10.7. The molecule has 3 rings (SSSR count). The summed E-state index contributed by atoms with van der Waals surface area (Å²) in [6.45, 7) is 2.75. The van der Waals surface area contributed by atoms with E-state index in [4.69, 9.17) is 0 Å². The van der Waals surface area contributed by atoms with Crippen LogP contribution < -0.4 is 5.32 Å². The molecular formula is C25H25BrN2O2. The Morgan fingerprint density at radius 1 is 0.933 bits per heavy atom. The van der Waals surface area contributed by atoms with E-state index in [0.29, 0.717) is 18.7 Å². The third-order valence-corrected chi connectivity index (χ3v) is 5.35. The maximum absolute atomic E-state index is 13.1. The van der Waals surface area contributed by atoms with Crippen LogP contribution in [0.4, 0.5) is 0 Å². The van der Waals surface area contributed by atoms with Gasteiger partial charge in [0.1, 0.15) is 0 Å². The topological polar surface area (TPSA) is 49.4 Å². The van der Waals surface area contributed by atoms with Crippen molar-refractivity contribution in [3.8, 4) is 0 Å². The smallest absolute Gasteiger partial charge is 0.254 e. The van der Waals surface area contributed by atoms with Crippen LogP contribution in [0, 0.1) is 0 Å². The summed E-state index contributed by atoms with van der Waals surface area (Å²) in [5.41, 5.74) is 2.68. The summed E-state index contributed by atoms with van der Waals surface area (Å²) in [4.78, 5) is 27.4. The number of carbonyl (C=O) groups excluding carboxylic acids is 2. The summed E-state index contributed by atoms with van der Waals surface area (Å²) in [6.07, 6.45) is 0.240. The Morgan fingerprint density at radius 2 is 1.60 bits per heavy atom. The van der Waals surface area contributed by atoms with Crippen LogP contribution in [0.15, 0.2) is 89.4 Å². The molecule has 0 aliphatic rings. The van der Waals surface area contributed by atoms with Gasteiger partial charge in [-0.2, -0.15) is 0 Å². The molecule has 0 aliphatic carbocycles. The zero-order valence-electron chi connectivity index (χ0n) is 16.9. The molecule has 0 radical (unpaired) electrons.